The van der Waals surface area contributed by atoms with Crippen molar-refractivity contribution in [2.75, 3.05) is 13.2 Å². The number of aliphatic hydroxyl groups excluding tert-OH is 1. The smallest absolute Gasteiger partial charge is 0.252 e. The molecule has 0 heterocycles. The van der Waals surface area contributed by atoms with Crippen molar-refractivity contribution in [1.29, 1.82) is 0 Å². The predicted molar refractivity (Wildman–Crippen MR) is 71.5 cm³/mol. The summed E-state index contributed by atoms with van der Waals surface area (Å²) in [6.45, 7) is 4.69. The molecule has 0 aromatic heterocycles. The van der Waals surface area contributed by atoms with Crippen LogP contribution in [0.5, 0.6) is 0 Å². The van der Waals surface area contributed by atoms with Crippen LogP contribution in [-0.2, 0) is 0 Å². The molecule has 0 atom stereocenters. The molecule has 1 aromatic carbocycles. The monoisotopic (exact) mass is 253 g/mol. The minimum absolute atomic E-state index is 0.101. The molecule has 0 saturated heterocycles. The van der Waals surface area contributed by atoms with E-state index in [4.69, 9.17) is 5.11 Å². The molecule has 1 aromatic rings. The average molecular weight is 253 g/mol. The molecule has 17 heavy (non-hydrogen) atoms. The molecule has 0 aliphatic heterocycles. The molecule has 0 aliphatic rings. The Kier molecular flexibility index (Phi) is 5.02. The first-order chi connectivity index (χ1) is 7.96. The molecule has 1 rings (SSSR count). The van der Waals surface area contributed by atoms with Crippen LogP contribution in [0.1, 0.15) is 30.6 Å². The van der Waals surface area contributed by atoms with E-state index in [1.165, 1.54) is 0 Å². The Morgan fingerprint density at radius 1 is 1.41 bits per heavy atom. The van der Waals surface area contributed by atoms with E-state index in [0.717, 1.165) is 0 Å². The largest absolute Gasteiger partial charge is 0.396 e. The number of rotatable bonds is 5. The molecular weight excluding hydrogens is 234 g/mol. The number of carbonyl (C=O) groups is 1. The summed E-state index contributed by atoms with van der Waals surface area (Å²) in [5.41, 5.74) is 0.478. The lowest BCUT2D eigenvalue weighted by molar-refractivity contribution is 0.0925. The van der Waals surface area contributed by atoms with E-state index in [-0.39, 0.29) is 17.9 Å². The van der Waals surface area contributed by atoms with Crippen LogP contribution in [-0.4, -0.2) is 24.2 Å². The standard InChI is InChI=1S/C13H19NO2S/c1-13(2,7-8-15)9-14-12(16)10-5-3-4-6-11(10)17/h3-6,15,17H,7-9H2,1-2H3,(H,14,16). The lowest BCUT2D eigenvalue weighted by Crippen LogP contribution is -2.34. The maximum absolute atomic E-state index is 11.9. The molecule has 1 amide bonds. The van der Waals surface area contributed by atoms with Gasteiger partial charge < -0.3 is 10.4 Å². The summed E-state index contributed by atoms with van der Waals surface area (Å²) in [6, 6.07) is 7.19. The molecule has 0 bridgehead atoms. The van der Waals surface area contributed by atoms with Gasteiger partial charge in [0.25, 0.3) is 5.91 Å². The van der Waals surface area contributed by atoms with Gasteiger partial charge in [-0.2, -0.15) is 0 Å². The van der Waals surface area contributed by atoms with Crippen LogP contribution >= 0.6 is 12.6 Å². The number of aliphatic hydroxyl groups is 1. The zero-order valence-electron chi connectivity index (χ0n) is 10.2. The Bertz CT molecular complexity index is 391. The average Bonchev–Trinajstić information content (AvgIpc) is 2.27. The zero-order valence-corrected chi connectivity index (χ0v) is 11.1. The topological polar surface area (TPSA) is 49.3 Å². The maximum Gasteiger partial charge on any atom is 0.252 e. The fourth-order valence-corrected chi connectivity index (χ4v) is 1.73. The van der Waals surface area contributed by atoms with Gasteiger partial charge in [-0.05, 0) is 24.0 Å². The Morgan fingerprint density at radius 2 is 2.06 bits per heavy atom. The molecule has 3 nitrogen and oxygen atoms in total. The summed E-state index contributed by atoms with van der Waals surface area (Å²) < 4.78 is 0. The molecule has 4 heteroatoms. The van der Waals surface area contributed by atoms with Gasteiger partial charge in [0, 0.05) is 18.0 Å². The third-order valence-electron chi connectivity index (χ3n) is 2.66. The molecular formula is C13H19NO2S. The Hall–Kier alpha value is -1.00. The van der Waals surface area contributed by atoms with E-state index in [0.29, 0.717) is 23.4 Å². The molecule has 0 fully saturated rings. The van der Waals surface area contributed by atoms with Gasteiger partial charge in [-0.3, -0.25) is 4.79 Å². The van der Waals surface area contributed by atoms with Crippen molar-refractivity contribution in [3.63, 3.8) is 0 Å². The predicted octanol–water partition coefficient (Wildman–Crippen LogP) is 2.11. The van der Waals surface area contributed by atoms with Crippen LogP contribution in [0.3, 0.4) is 0 Å². The number of hydrogen-bond acceptors (Lipinski definition) is 3. The highest BCUT2D eigenvalue weighted by Gasteiger charge is 2.19. The van der Waals surface area contributed by atoms with Gasteiger partial charge in [0.1, 0.15) is 0 Å². The maximum atomic E-state index is 11.9. The number of carbonyl (C=O) groups excluding carboxylic acids is 1. The first-order valence-electron chi connectivity index (χ1n) is 5.63. The zero-order chi connectivity index (χ0) is 12.9. The third-order valence-corrected chi connectivity index (χ3v) is 3.05. The highest BCUT2D eigenvalue weighted by molar-refractivity contribution is 7.80. The summed E-state index contributed by atoms with van der Waals surface area (Å²) in [5.74, 6) is -0.124. The summed E-state index contributed by atoms with van der Waals surface area (Å²) in [7, 11) is 0. The van der Waals surface area contributed by atoms with E-state index in [2.05, 4.69) is 17.9 Å². The molecule has 94 valence electrons. The van der Waals surface area contributed by atoms with Gasteiger partial charge in [0.05, 0.1) is 5.56 Å². The highest BCUT2D eigenvalue weighted by atomic mass is 32.1. The first kappa shape index (κ1) is 14.1. The fraction of sp³-hybridized carbons (Fsp3) is 0.462. The van der Waals surface area contributed by atoms with Crippen LogP contribution in [0, 0.1) is 5.41 Å². The number of thiol groups is 1. The number of hydrogen-bond donors (Lipinski definition) is 3. The minimum Gasteiger partial charge on any atom is -0.396 e. The number of amides is 1. The van der Waals surface area contributed by atoms with Crippen LogP contribution < -0.4 is 5.32 Å². The van der Waals surface area contributed by atoms with Crippen molar-refractivity contribution >= 4 is 18.5 Å². The normalized spacial score (nSPS) is 11.3. The van der Waals surface area contributed by atoms with Gasteiger partial charge in [-0.25, -0.2) is 0 Å². The first-order valence-corrected chi connectivity index (χ1v) is 6.08. The van der Waals surface area contributed by atoms with Crippen LogP contribution in [0.4, 0.5) is 0 Å². The van der Waals surface area contributed by atoms with Gasteiger partial charge in [0.15, 0.2) is 0 Å². The van der Waals surface area contributed by atoms with Gasteiger partial charge >= 0.3 is 0 Å². The molecule has 2 N–H and O–H groups in total. The molecule has 0 radical (unpaired) electrons. The number of benzene rings is 1. The van der Waals surface area contributed by atoms with Crippen LogP contribution in [0.2, 0.25) is 0 Å². The van der Waals surface area contributed by atoms with E-state index >= 15 is 0 Å². The lowest BCUT2D eigenvalue weighted by atomic mass is 9.89. The van der Waals surface area contributed by atoms with E-state index in [1.807, 2.05) is 26.0 Å². The molecule has 0 unspecified atom stereocenters. The van der Waals surface area contributed by atoms with E-state index in [1.54, 1.807) is 12.1 Å². The second-order valence-corrected chi connectivity index (χ2v) is 5.32. The fourth-order valence-electron chi connectivity index (χ4n) is 1.47. The molecule has 0 spiro atoms. The van der Waals surface area contributed by atoms with Crippen molar-refractivity contribution < 1.29 is 9.90 Å². The van der Waals surface area contributed by atoms with Crippen molar-refractivity contribution in [2.24, 2.45) is 5.41 Å². The second kappa shape index (κ2) is 6.07. The summed E-state index contributed by atoms with van der Waals surface area (Å²) in [6.07, 6.45) is 0.663. The highest BCUT2D eigenvalue weighted by Crippen LogP contribution is 2.19. The van der Waals surface area contributed by atoms with Gasteiger partial charge in [-0.15, -0.1) is 12.6 Å². The van der Waals surface area contributed by atoms with Crippen molar-refractivity contribution in [1.82, 2.24) is 5.32 Å². The van der Waals surface area contributed by atoms with Crippen molar-refractivity contribution in [3.8, 4) is 0 Å². The molecule has 0 saturated carbocycles. The summed E-state index contributed by atoms with van der Waals surface area (Å²) in [5, 5.41) is 11.8. The second-order valence-electron chi connectivity index (χ2n) is 4.84. The lowest BCUT2D eigenvalue weighted by Gasteiger charge is -2.23. The number of nitrogens with one attached hydrogen (secondary N) is 1. The third kappa shape index (κ3) is 4.40. The Morgan fingerprint density at radius 3 is 2.65 bits per heavy atom. The van der Waals surface area contributed by atoms with E-state index < -0.39 is 0 Å². The Labute approximate surface area is 108 Å². The SMILES string of the molecule is CC(C)(CCO)CNC(=O)c1ccccc1S. The van der Waals surface area contributed by atoms with E-state index in [9.17, 15) is 4.79 Å². The van der Waals surface area contributed by atoms with Crippen molar-refractivity contribution in [2.45, 2.75) is 25.2 Å². The van der Waals surface area contributed by atoms with Gasteiger partial charge in [0.2, 0.25) is 0 Å². The van der Waals surface area contributed by atoms with Crippen molar-refractivity contribution in [3.05, 3.63) is 29.8 Å². The minimum atomic E-state index is -0.124. The van der Waals surface area contributed by atoms with Crippen LogP contribution in [0.25, 0.3) is 0 Å². The summed E-state index contributed by atoms with van der Waals surface area (Å²) >= 11 is 4.24. The summed E-state index contributed by atoms with van der Waals surface area (Å²) in [4.78, 5) is 12.6. The Balaban J connectivity index is 2.59. The van der Waals surface area contributed by atoms with Gasteiger partial charge in [-0.1, -0.05) is 26.0 Å². The quantitative estimate of drug-likeness (QED) is 0.704. The molecule has 0 aliphatic carbocycles. The van der Waals surface area contributed by atoms with Crippen LogP contribution in [0.15, 0.2) is 29.2 Å².